The maximum Gasteiger partial charge on any atom is 0.167 e. The molecule has 1 radical (unpaired) electrons. The van der Waals surface area contributed by atoms with E-state index in [-0.39, 0.29) is 12.4 Å². The topological polar surface area (TPSA) is 88.4 Å². The fourth-order valence-electron chi connectivity index (χ4n) is 4.64. The molecule has 1 aromatic heterocycles. The van der Waals surface area contributed by atoms with Crippen LogP contribution < -0.4 is 4.74 Å². The number of hydrogen-bond acceptors (Lipinski definition) is 6. The Labute approximate surface area is 244 Å². The first kappa shape index (κ1) is 26.9. The summed E-state index contributed by atoms with van der Waals surface area (Å²) in [5, 5.41) is 20.2. The molecule has 0 aliphatic carbocycles. The van der Waals surface area contributed by atoms with Crippen molar-refractivity contribution in [3.8, 4) is 67.9 Å². The first-order valence-electron chi connectivity index (χ1n) is 13.6. The average molecular weight is 551 g/mol. The molecular formula is C36H28N3O3. The quantitative estimate of drug-likeness (QED) is 0.204. The summed E-state index contributed by atoms with van der Waals surface area (Å²) in [6.45, 7) is 3.48. The van der Waals surface area contributed by atoms with Crippen molar-refractivity contribution < 1.29 is 14.9 Å². The average Bonchev–Trinajstić information content (AvgIpc) is 3.05. The van der Waals surface area contributed by atoms with Crippen LogP contribution in [0.3, 0.4) is 0 Å². The van der Waals surface area contributed by atoms with Crippen LogP contribution in [0.4, 0.5) is 0 Å². The summed E-state index contributed by atoms with van der Waals surface area (Å²) >= 11 is 0. The van der Waals surface area contributed by atoms with Crippen molar-refractivity contribution in [2.75, 3.05) is 6.61 Å². The van der Waals surface area contributed by atoms with Crippen LogP contribution in [0.5, 0.6) is 11.5 Å². The first-order chi connectivity index (χ1) is 20.6. The Kier molecular flexibility index (Phi) is 7.70. The van der Waals surface area contributed by atoms with E-state index in [0.717, 1.165) is 33.4 Å². The highest BCUT2D eigenvalue weighted by atomic mass is 16.5. The number of aromatic hydroxyl groups is 1. The number of benzene rings is 5. The summed E-state index contributed by atoms with van der Waals surface area (Å²) in [6, 6.07) is 41.3. The van der Waals surface area contributed by atoms with Crippen LogP contribution in [-0.4, -0.2) is 37.9 Å². The Morgan fingerprint density at radius 2 is 0.976 bits per heavy atom. The zero-order valence-electron chi connectivity index (χ0n) is 22.8. The lowest BCUT2D eigenvalue weighted by Gasteiger charge is -2.14. The number of phenols is 1. The van der Waals surface area contributed by atoms with Crippen molar-refractivity contribution in [2.45, 2.75) is 6.10 Å². The zero-order chi connectivity index (χ0) is 28.9. The number of nitrogens with zero attached hydrogens (tertiary/aromatic N) is 3. The van der Waals surface area contributed by atoms with Crippen LogP contribution in [0, 0.1) is 6.92 Å². The lowest BCUT2D eigenvalue weighted by atomic mass is 10.0. The number of aliphatic hydroxyl groups excluding tert-OH is 1. The van der Waals surface area contributed by atoms with Gasteiger partial charge < -0.3 is 14.9 Å². The fraction of sp³-hybridized carbons (Fsp3) is 0.0556. The summed E-state index contributed by atoms with van der Waals surface area (Å²) in [5.74, 6) is 1.62. The Hall–Kier alpha value is -5.33. The van der Waals surface area contributed by atoms with Gasteiger partial charge in [-0.2, -0.15) is 0 Å². The maximum atomic E-state index is 10.9. The van der Waals surface area contributed by atoms with Gasteiger partial charge in [0.15, 0.2) is 17.5 Å². The van der Waals surface area contributed by atoms with Crippen LogP contribution in [0.15, 0.2) is 127 Å². The molecule has 2 N–H and O–H groups in total. The fourth-order valence-corrected chi connectivity index (χ4v) is 4.64. The van der Waals surface area contributed by atoms with E-state index in [0.29, 0.717) is 28.8 Å². The number of hydrogen-bond donors (Lipinski definition) is 2. The number of ether oxygens (including phenoxy) is 1. The molecule has 205 valence electrons. The van der Waals surface area contributed by atoms with E-state index in [1.807, 2.05) is 84.9 Å². The summed E-state index contributed by atoms with van der Waals surface area (Å²) in [4.78, 5) is 14.4. The molecule has 0 saturated heterocycles. The largest absolute Gasteiger partial charge is 0.507 e. The number of rotatable bonds is 8. The molecule has 0 spiro atoms. The second-order valence-electron chi connectivity index (χ2n) is 9.79. The molecule has 42 heavy (non-hydrogen) atoms. The summed E-state index contributed by atoms with van der Waals surface area (Å²) in [7, 11) is 0. The van der Waals surface area contributed by atoms with Gasteiger partial charge in [0.1, 0.15) is 17.6 Å². The third-order valence-corrected chi connectivity index (χ3v) is 6.85. The van der Waals surface area contributed by atoms with Gasteiger partial charge >= 0.3 is 0 Å². The normalized spacial score (nSPS) is 11.7. The number of aromatic nitrogens is 3. The monoisotopic (exact) mass is 550 g/mol. The highest BCUT2D eigenvalue weighted by molar-refractivity contribution is 5.73. The van der Waals surface area contributed by atoms with Gasteiger partial charge in [0.05, 0.1) is 12.2 Å². The molecule has 0 aliphatic rings. The third kappa shape index (κ3) is 5.89. The second kappa shape index (κ2) is 12.0. The van der Waals surface area contributed by atoms with Crippen LogP contribution in [0.1, 0.15) is 0 Å². The zero-order valence-corrected chi connectivity index (χ0v) is 22.8. The molecule has 6 rings (SSSR count). The van der Waals surface area contributed by atoms with Gasteiger partial charge in [0.2, 0.25) is 0 Å². The summed E-state index contributed by atoms with van der Waals surface area (Å²) in [6.07, 6.45) is -0.650. The van der Waals surface area contributed by atoms with Crippen molar-refractivity contribution in [3.63, 3.8) is 0 Å². The molecule has 5 aromatic carbocycles. The summed E-state index contributed by atoms with van der Waals surface area (Å²) < 4.78 is 5.54. The van der Waals surface area contributed by atoms with E-state index < -0.39 is 6.10 Å². The van der Waals surface area contributed by atoms with Crippen molar-refractivity contribution in [3.05, 3.63) is 134 Å². The van der Waals surface area contributed by atoms with Gasteiger partial charge in [-0.05, 0) is 41.3 Å². The lowest BCUT2D eigenvalue weighted by molar-refractivity contribution is 0.147. The molecule has 0 amide bonds. The SMILES string of the molecule is [CH2]C(CO)Oc1ccc(-c2nc(-c3ccc(-c4ccccc4)cc3)nc(-c3ccc(-c4ccccc4)cc3)n2)c(O)c1. The minimum atomic E-state index is -0.650. The van der Waals surface area contributed by atoms with E-state index in [1.54, 1.807) is 12.1 Å². The number of phenolic OH excluding ortho intramolecular Hbond substituents is 1. The molecular weight excluding hydrogens is 522 g/mol. The standard InChI is InChI=1S/C36H28N3O3/c1-24(23-40)42-31-20-21-32(33(41)22-31)36-38-34(29-16-12-27(13-17-29)25-8-4-2-5-9-25)37-35(39-36)30-18-14-28(15-19-30)26-10-6-3-7-11-26/h2-22,24,40-41H,1,23H2. The van der Waals surface area contributed by atoms with Crippen LogP contribution in [-0.2, 0) is 0 Å². The third-order valence-electron chi connectivity index (χ3n) is 6.85. The highest BCUT2D eigenvalue weighted by Gasteiger charge is 2.16. The minimum absolute atomic E-state index is 0.0559. The van der Waals surface area contributed by atoms with Gasteiger partial charge in [0, 0.05) is 17.2 Å². The van der Waals surface area contributed by atoms with Gasteiger partial charge in [-0.1, -0.05) is 109 Å². The van der Waals surface area contributed by atoms with E-state index in [9.17, 15) is 10.2 Å². The van der Waals surface area contributed by atoms with E-state index in [4.69, 9.17) is 19.7 Å². The Balaban J connectivity index is 1.41. The molecule has 6 aromatic rings. The molecule has 1 unspecified atom stereocenters. The van der Waals surface area contributed by atoms with Crippen molar-refractivity contribution >= 4 is 0 Å². The molecule has 1 heterocycles. The smallest absolute Gasteiger partial charge is 0.167 e. The van der Waals surface area contributed by atoms with E-state index in [2.05, 4.69) is 31.2 Å². The van der Waals surface area contributed by atoms with Gasteiger partial charge in [-0.25, -0.2) is 15.0 Å². The van der Waals surface area contributed by atoms with Crippen molar-refractivity contribution in [1.82, 2.24) is 15.0 Å². The highest BCUT2D eigenvalue weighted by Crippen LogP contribution is 2.34. The van der Waals surface area contributed by atoms with Gasteiger partial charge in [0.25, 0.3) is 0 Å². The van der Waals surface area contributed by atoms with Crippen LogP contribution >= 0.6 is 0 Å². The predicted molar refractivity (Wildman–Crippen MR) is 166 cm³/mol. The Bertz CT molecular complexity index is 1690. The van der Waals surface area contributed by atoms with Crippen LogP contribution in [0.25, 0.3) is 56.4 Å². The Morgan fingerprint density at radius 3 is 1.43 bits per heavy atom. The summed E-state index contributed by atoms with van der Waals surface area (Å²) in [5.41, 5.74) is 6.50. The molecule has 6 heteroatoms. The second-order valence-corrected chi connectivity index (χ2v) is 9.79. The van der Waals surface area contributed by atoms with Crippen LogP contribution in [0.2, 0.25) is 0 Å². The molecule has 0 aliphatic heterocycles. The Morgan fingerprint density at radius 1 is 0.548 bits per heavy atom. The lowest BCUT2D eigenvalue weighted by Crippen LogP contribution is -2.16. The maximum absolute atomic E-state index is 10.9. The van der Waals surface area contributed by atoms with Crippen molar-refractivity contribution in [1.29, 1.82) is 0 Å². The molecule has 6 nitrogen and oxygen atoms in total. The minimum Gasteiger partial charge on any atom is -0.507 e. The molecule has 0 fully saturated rings. The molecule has 0 bridgehead atoms. The van der Waals surface area contributed by atoms with Crippen molar-refractivity contribution in [2.24, 2.45) is 0 Å². The first-order valence-corrected chi connectivity index (χ1v) is 13.6. The molecule has 1 atom stereocenters. The number of aliphatic hydroxyl groups is 1. The van der Waals surface area contributed by atoms with Gasteiger partial charge in [-0.15, -0.1) is 0 Å². The predicted octanol–water partition coefficient (Wildman–Crippen LogP) is 7.49. The van der Waals surface area contributed by atoms with E-state index >= 15 is 0 Å². The van der Waals surface area contributed by atoms with E-state index in [1.165, 1.54) is 6.07 Å². The molecule has 0 saturated carbocycles. The van der Waals surface area contributed by atoms with Gasteiger partial charge in [-0.3, -0.25) is 0 Å².